The van der Waals surface area contributed by atoms with E-state index in [1.807, 2.05) is 5.38 Å². The van der Waals surface area contributed by atoms with E-state index in [2.05, 4.69) is 9.97 Å². The Labute approximate surface area is 161 Å². The molecule has 4 aromatic rings. The Kier molecular flexibility index (Phi) is 4.95. The molecule has 0 saturated carbocycles. The van der Waals surface area contributed by atoms with Gasteiger partial charge >= 0.3 is 5.97 Å². The molecule has 0 unspecified atom stereocenters. The van der Waals surface area contributed by atoms with Gasteiger partial charge in [-0.15, -0.1) is 22.7 Å². The molecule has 0 amide bonds. The van der Waals surface area contributed by atoms with E-state index in [1.165, 1.54) is 33.1 Å². The number of ether oxygens (including phenoxy) is 2. The van der Waals surface area contributed by atoms with Crippen LogP contribution >= 0.6 is 22.7 Å². The van der Waals surface area contributed by atoms with Crippen molar-refractivity contribution in [2.24, 2.45) is 0 Å². The molecule has 9 heteroatoms. The minimum atomic E-state index is -0.512. The second kappa shape index (κ2) is 7.68. The molecule has 27 heavy (non-hydrogen) atoms. The third kappa shape index (κ3) is 4.04. The molecule has 0 aliphatic carbocycles. The van der Waals surface area contributed by atoms with E-state index in [1.54, 1.807) is 41.4 Å². The van der Waals surface area contributed by atoms with Crippen LogP contribution in [-0.4, -0.2) is 20.3 Å². The second-order valence-corrected chi connectivity index (χ2v) is 7.11. The summed E-state index contributed by atoms with van der Waals surface area (Å²) in [6.07, 6.45) is 1.66. The molecule has 0 aliphatic rings. The zero-order chi connectivity index (χ0) is 18.6. The maximum Gasteiger partial charge on any atom is 0.338 e. The van der Waals surface area contributed by atoms with Crippen molar-refractivity contribution >= 4 is 33.6 Å². The Hall–Kier alpha value is -3.04. The number of hydrogen-bond acceptors (Lipinski definition) is 8. The summed E-state index contributed by atoms with van der Waals surface area (Å²) in [5.74, 6) is 0.0381. The van der Waals surface area contributed by atoms with Gasteiger partial charge in [0.15, 0.2) is 4.96 Å². The molecule has 0 fully saturated rings. The largest absolute Gasteiger partial charge is 0.487 e. The van der Waals surface area contributed by atoms with Crippen LogP contribution in [0.25, 0.3) is 4.96 Å². The lowest BCUT2D eigenvalue weighted by molar-refractivity contribution is 0.0467. The van der Waals surface area contributed by atoms with Crippen LogP contribution in [0.1, 0.15) is 21.7 Å². The summed E-state index contributed by atoms with van der Waals surface area (Å²) in [4.78, 5) is 33.3. The number of carbonyl (C=O) groups is 1. The Morgan fingerprint density at radius 3 is 2.96 bits per heavy atom. The van der Waals surface area contributed by atoms with Crippen molar-refractivity contribution in [1.29, 1.82) is 0 Å². The fourth-order valence-corrected chi connectivity index (χ4v) is 3.65. The maximum absolute atomic E-state index is 12.3. The summed E-state index contributed by atoms with van der Waals surface area (Å²) in [6, 6.07) is 8.09. The van der Waals surface area contributed by atoms with Crippen LogP contribution in [0.4, 0.5) is 0 Å². The summed E-state index contributed by atoms with van der Waals surface area (Å²) < 4.78 is 12.4. The van der Waals surface area contributed by atoms with Crippen molar-refractivity contribution in [2.45, 2.75) is 13.2 Å². The Bertz CT molecular complexity index is 1130. The molecule has 0 saturated heterocycles. The maximum atomic E-state index is 12.3. The number of thiazole rings is 2. The Morgan fingerprint density at radius 2 is 2.11 bits per heavy atom. The van der Waals surface area contributed by atoms with Crippen molar-refractivity contribution in [3.63, 3.8) is 0 Å². The van der Waals surface area contributed by atoms with Crippen LogP contribution in [0.5, 0.6) is 5.75 Å². The molecular formula is C18H13N3O4S2. The third-order valence-corrected chi connectivity index (χ3v) is 5.04. The van der Waals surface area contributed by atoms with E-state index >= 15 is 0 Å². The average molecular weight is 399 g/mol. The van der Waals surface area contributed by atoms with E-state index in [4.69, 9.17) is 9.47 Å². The average Bonchev–Trinajstić information content (AvgIpc) is 3.36. The van der Waals surface area contributed by atoms with Gasteiger partial charge in [0, 0.05) is 23.0 Å². The van der Waals surface area contributed by atoms with Crippen LogP contribution < -0.4 is 10.3 Å². The normalized spacial score (nSPS) is 10.8. The fourth-order valence-electron chi connectivity index (χ4n) is 2.36. The van der Waals surface area contributed by atoms with E-state index in [9.17, 15) is 9.59 Å². The summed E-state index contributed by atoms with van der Waals surface area (Å²) in [7, 11) is 0. The molecule has 136 valence electrons. The van der Waals surface area contributed by atoms with Crippen LogP contribution in [0.3, 0.4) is 0 Å². The Morgan fingerprint density at radius 1 is 1.19 bits per heavy atom. The van der Waals surface area contributed by atoms with E-state index in [-0.39, 0.29) is 12.2 Å². The van der Waals surface area contributed by atoms with Gasteiger partial charge in [-0.1, -0.05) is 6.07 Å². The number of aromatic nitrogens is 3. The van der Waals surface area contributed by atoms with Crippen LogP contribution in [0.2, 0.25) is 0 Å². The third-order valence-electron chi connectivity index (χ3n) is 3.65. The number of benzene rings is 1. The van der Waals surface area contributed by atoms with Gasteiger partial charge in [-0.05, 0) is 18.2 Å². The molecule has 0 N–H and O–H groups in total. The SMILES string of the molecule is O=C(OCc1cc(=O)n2ccsc2n1)c1cccc(OCc2cscn2)c1. The highest BCUT2D eigenvalue weighted by Gasteiger charge is 2.11. The van der Waals surface area contributed by atoms with E-state index < -0.39 is 5.97 Å². The van der Waals surface area contributed by atoms with Gasteiger partial charge in [0.05, 0.1) is 22.5 Å². The molecule has 1 aromatic carbocycles. The lowest BCUT2D eigenvalue weighted by Crippen LogP contribution is -2.14. The fraction of sp³-hybridized carbons (Fsp3) is 0.111. The summed E-state index contributed by atoms with van der Waals surface area (Å²) >= 11 is 2.84. The van der Waals surface area contributed by atoms with Gasteiger partial charge in [-0.2, -0.15) is 0 Å². The number of hydrogen-bond donors (Lipinski definition) is 0. The van der Waals surface area contributed by atoms with Crippen LogP contribution in [0.15, 0.2) is 57.6 Å². The molecule has 4 rings (SSSR count). The molecule has 3 heterocycles. The van der Waals surface area contributed by atoms with Gasteiger partial charge < -0.3 is 9.47 Å². The first-order chi connectivity index (χ1) is 13.2. The highest BCUT2D eigenvalue weighted by Crippen LogP contribution is 2.16. The first-order valence-corrected chi connectivity index (χ1v) is 9.74. The van der Waals surface area contributed by atoms with E-state index in [0.29, 0.717) is 28.6 Å². The van der Waals surface area contributed by atoms with Crippen LogP contribution in [-0.2, 0) is 18.0 Å². The van der Waals surface area contributed by atoms with Gasteiger partial charge in [0.25, 0.3) is 5.56 Å². The monoisotopic (exact) mass is 399 g/mol. The van der Waals surface area contributed by atoms with Crippen molar-refractivity contribution in [1.82, 2.24) is 14.4 Å². The van der Waals surface area contributed by atoms with Crippen molar-refractivity contribution < 1.29 is 14.3 Å². The molecule has 0 spiro atoms. The molecule has 3 aromatic heterocycles. The van der Waals surface area contributed by atoms with Gasteiger partial charge in [0.2, 0.25) is 0 Å². The standard InChI is InChI=1S/C18H13N3O4S2/c22-16-7-13(20-18-21(16)4-5-27-18)8-25-17(23)12-2-1-3-15(6-12)24-9-14-10-26-11-19-14/h1-7,10-11H,8-9H2. The van der Waals surface area contributed by atoms with Crippen molar-refractivity contribution in [3.8, 4) is 5.75 Å². The lowest BCUT2D eigenvalue weighted by atomic mass is 10.2. The minimum absolute atomic E-state index is 0.0770. The second-order valence-electron chi connectivity index (χ2n) is 5.51. The zero-order valence-corrected chi connectivity index (χ0v) is 15.5. The predicted molar refractivity (Wildman–Crippen MR) is 101 cm³/mol. The van der Waals surface area contributed by atoms with Crippen molar-refractivity contribution in [2.75, 3.05) is 0 Å². The summed E-state index contributed by atoms with van der Waals surface area (Å²) in [5, 5.41) is 3.68. The van der Waals surface area contributed by atoms with Gasteiger partial charge in [-0.25, -0.2) is 14.8 Å². The number of fused-ring (bicyclic) bond motifs is 1. The number of rotatable bonds is 6. The first-order valence-electron chi connectivity index (χ1n) is 7.92. The zero-order valence-electron chi connectivity index (χ0n) is 13.9. The number of carbonyl (C=O) groups excluding carboxylic acids is 1. The molecule has 0 bridgehead atoms. The quantitative estimate of drug-likeness (QED) is 0.463. The van der Waals surface area contributed by atoms with E-state index in [0.717, 1.165) is 5.69 Å². The molecule has 7 nitrogen and oxygen atoms in total. The topological polar surface area (TPSA) is 82.8 Å². The summed E-state index contributed by atoms with van der Waals surface area (Å²) in [5.41, 5.74) is 3.13. The molecule has 0 aliphatic heterocycles. The van der Waals surface area contributed by atoms with Crippen LogP contribution in [0, 0.1) is 0 Å². The highest BCUT2D eigenvalue weighted by atomic mass is 32.1. The highest BCUT2D eigenvalue weighted by molar-refractivity contribution is 7.15. The summed E-state index contributed by atoms with van der Waals surface area (Å²) in [6.45, 7) is 0.253. The molecule has 0 radical (unpaired) electrons. The molecule has 0 atom stereocenters. The predicted octanol–water partition coefficient (Wildman–Crippen LogP) is 3.15. The van der Waals surface area contributed by atoms with Gasteiger partial charge in [-0.3, -0.25) is 9.20 Å². The van der Waals surface area contributed by atoms with Crippen molar-refractivity contribution in [3.05, 3.63) is 80.1 Å². The number of esters is 1. The lowest BCUT2D eigenvalue weighted by Gasteiger charge is -2.07. The first kappa shape index (κ1) is 17.4. The minimum Gasteiger partial charge on any atom is -0.487 e. The smallest absolute Gasteiger partial charge is 0.338 e. The number of nitrogens with zero attached hydrogens (tertiary/aromatic N) is 3. The Balaban J connectivity index is 1.41. The molecular weight excluding hydrogens is 386 g/mol. The van der Waals surface area contributed by atoms with Gasteiger partial charge in [0.1, 0.15) is 19.0 Å².